The Morgan fingerprint density at radius 1 is 1.42 bits per heavy atom. The quantitative estimate of drug-likeness (QED) is 0.388. The molecule has 0 aromatic heterocycles. The van der Waals surface area contributed by atoms with Crippen molar-refractivity contribution in [3.63, 3.8) is 0 Å². The maximum absolute atomic E-state index is 10.3. The molecular weight excluding hydrogens is 185 g/mol. The molecule has 0 aromatic carbocycles. The van der Waals surface area contributed by atoms with Gasteiger partial charge in [0.2, 0.25) is 0 Å². The third-order valence-electron chi connectivity index (χ3n) is 1.15. The molecule has 0 aliphatic carbocycles. The summed E-state index contributed by atoms with van der Waals surface area (Å²) in [7, 11) is -1.06. The van der Waals surface area contributed by atoms with Crippen molar-refractivity contribution < 1.29 is 23.8 Å². The van der Waals surface area contributed by atoms with Crippen LogP contribution in [-0.2, 0) is 14.0 Å². The molecule has 0 spiro atoms. The summed E-state index contributed by atoms with van der Waals surface area (Å²) < 4.78 is 19.9. The minimum atomic E-state index is -3.97. The number of rotatable bonds is 6. The van der Waals surface area contributed by atoms with Crippen LogP contribution in [0.1, 0.15) is 0 Å². The van der Waals surface area contributed by atoms with E-state index in [0.29, 0.717) is 0 Å². The summed E-state index contributed by atoms with van der Waals surface area (Å²) in [5.41, 5.74) is 0. The standard InChI is InChI=1S/C5H14NO5P/c1-10-5(11-2)3-6-4-12(7,8)9/h5-6H,3-4H2,1-2H3,(H2,7,8,9). The molecule has 0 saturated heterocycles. The molecule has 12 heavy (non-hydrogen) atoms. The zero-order valence-corrected chi connectivity index (χ0v) is 7.95. The van der Waals surface area contributed by atoms with Crippen molar-refractivity contribution in [1.82, 2.24) is 5.32 Å². The number of hydrogen-bond donors (Lipinski definition) is 3. The van der Waals surface area contributed by atoms with Gasteiger partial charge in [0.25, 0.3) is 0 Å². The molecule has 0 saturated carbocycles. The first kappa shape index (κ1) is 12.0. The highest BCUT2D eigenvalue weighted by atomic mass is 31.2. The second-order valence-corrected chi connectivity index (χ2v) is 3.82. The lowest BCUT2D eigenvalue weighted by molar-refractivity contribution is -0.0981. The number of methoxy groups -OCH3 is 2. The molecule has 0 amide bonds. The van der Waals surface area contributed by atoms with Crippen molar-refractivity contribution in [1.29, 1.82) is 0 Å². The van der Waals surface area contributed by atoms with Gasteiger partial charge < -0.3 is 24.6 Å². The maximum atomic E-state index is 10.3. The molecule has 0 radical (unpaired) electrons. The molecular formula is C5H14NO5P. The smallest absolute Gasteiger partial charge is 0.339 e. The van der Waals surface area contributed by atoms with Crippen LogP contribution in [0.2, 0.25) is 0 Å². The van der Waals surface area contributed by atoms with Gasteiger partial charge in [-0.05, 0) is 0 Å². The van der Waals surface area contributed by atoms with E-state index < -0.39 is 13.9 Å². The zero-order chi connectivity index (χ0) is 9.61. The van der Waals surface area contributed by atoms with Gasteiger partial charge >= 0.3 is 7.60 Å². The van der Waals surface area contributed by atoms with Gasteiger partial charge in [-0.25, -0.2) is 0 Å². The lowest BCUT2D eigenvalue weighted by atomic mass is 10.6. The topological polar surface area (TPSA) is 88.0 Å². The van der Waals surface area contributed by atoms with Gasteiger partial charge in [-0.1, -0.05) is 0 Å². The van der Waals surface area contributed by atoms with Crippen LogP contribution in [-0.4, -0.2) is 43.1 Å². The van der Waals surface area contributed by atoms with Crippen LogP contribution in [0.15, 0.2) is 0 Å². The molecule has 0 fully saturated rings. The van der Waals surface area contributed by atoms with E-state index in [4.69, 9.17) is 19.3 Å². The summed E-state index contributed by atoms with van der Waals surface area (Å²) in [6, 6.07) is 0. The van der Waals surface area contributed by atoms with Crippen LogP contribution in [0.3, 0.4) is 0 Å². The summed E-state index contributed by atoms with van der Waals surface area (Å²) in [5.74, 6) is 0. The van der Waals surface area contributed by atoms with Crippen molar-refractivity contribution in [3.8, 4) is 0 Å². The molecule has 0 atom stereocenters. The van der Waals surface area contributed by atoms with E-state index in [1.54, 1.807) is 0 Å². The Kier molecular flexibility index (Phi) is 5.65. The van der Waals surface area contributed by atoms with Crippen LogP contribution < -0.4 is 5.32 Å². The van der Waals surface area contributed by atoms with Gasteiger partial charge in [-0.3, -0.25) is 4.57 Å². The van der Waals surface area contributed by atoms with E-state index in [1.165, 1.54) is 14.2 Å². The lowest BCUT2D eigenvalue weighted by Crippen LogP contribution is -2.30. The van der Waals surface area contributed by atoms with Crippen molar-refractivity contribution in [2.45, 2.75) is 6.29 Å². The minimum absolute atomic E-state index is 0.248. The predicted octanol–water partition coefficient (Wildman–Crippen LogP) is -0.670. The summed E-state index contributed by atoms with van der Waals surface area (Å²) in [4.78, 5) is 16.9. The third-order valence-corrected chi connectivity index (χ3v) is 1.79. The van der Waals surface area contributed by atoms with Gasteiger partial charge in [-0.2, -0.15) is 0 Å². The van der Waals surface area contributed by atoms with Gasteiger partial charge in [0, 0.05) is 20.8 Å². The third kappa shape index (κ3) is 6.72. The molecule has 0 aromatic rings. The van der Waals surface area contributed by atoms with Crippen molar-refractivity contribution >= 4 is 7.60 Å². The predicted molar refractivity (Wildman–Crippen MR) is 42.7 cm³/mol. The van der Waals surface area contributed by atoms with E-state index >= 15 is 0 Å². The summed E-state index contributed by atoms with van der Waals surface area (Å²) >= 11 is 0. The van der Waals surface area contributed by atoms with Gasteiger partial charge in [-0.15, -0.1) is 0 Å². The fraction of sp³-hybridized carbons (Fsp3) is 1.00. The summed E-state index contributed by atoms with van der Waals surface area (Å²) in [6.07, 6.45) is -0.840. The Labute approximate surface area is 71.0 Å². The van der Waals surface area contributed by atoms with E-state index in [2.05, 4.69) is 5.32 Å². The Balaban J connectivity index is 3.48. The van der Waals surface area contributed by atoms with Crippen molar-refractivity contribution in [2.24, 2.45) is 0 Å². The van der Waals surface area contributed by atoms with Gasteiger partial charge in [0.05, 0.1) is 6.29 Å². The SMILES string of the molecule is COC(CNCP(=O)(O)O)OC. The number of hydrogen-bond acceptors (Lipinski definition) is 4. The monoisotopic (exact) mass is 199 g/mol. The van der Waals surface area contributed by atoms with Crippen LogP contribution in [0.5, 0.6) is 0 Å². The highest BCUT2D eigenvalue weighted by Crippen LogP contribution is 2.31. The Hall–Kier alpha value is 0.0300. The van der Waals surface area contributed by atoms with Crippen LogP contribution in [0.4, 0.5) is 0 Å². The first-order valence-corrected chi connectivity index (χ1v) is 5.10. The first-order valence-electron chi connectivity index (χ1n) is 3.30. The second kappa shape index (κ2) is 5.64. The van der Waals surface area contributed by atoms with Crippen molar-refractivity contribution in [3.05, 3.63) is 0 Å². The van der Waals surface area contributed by atoms with Crippen molar-refractivity contribution in [2.75, 3.05) is 27.1 Å². The molecule has 0 unspecified atom stereocenters. The molecule has 74 valence electrons. The zero-order valence-electron chi connectivity index (χ0n) is 7.06. The highest BCUT2D eigenvalue weighted by molar-refractivity contribution is 7.51. The molecule has 6 nitrogen and oxygen atoms in total. The molecule has 0 heterocycles. The van der Waals surface area contributed by atoms with Crippen LogP contribution in [0.25, 0.3) is 0 Å². The average molecular weight is 199 g/mol. The van der Waals surface area contributed by atoms with Gasteiger partial charge in [0.1, 0.15) is 0 Å². The van der Waals surface area contributed by atoms with E-state index in [0.717, 1.165) is 0 Å². The van der Waals surface area contributed by atoms with E-state index in [9.17, 15) is 4.57 Å². The molecule has 0 aliphatic heterocycles. The maximum Gasteiger partial charge on any atom is 0.339 e. The first-order chi connectivity index (χ1) is 5.49. The fourth-order valence-corrected chi connectivity index (χ4v) is 1.01. The molecule has 3 N–H and O–H groups in total. The summed E-state index contributed by atoms with van der Waals surface area (Å²) in [6.45, 7) is 0.248. The van der Waals surface area contributed by atoms with Gasteiger partial charge in [0.15, 0.2) is 6.29 Å². The van der Waals surface area contributed by atoms with Crippen LogP contribution >= 0.6 is 7.60 Å². The Morgan fingerprint density at radius 3 is 2.25 bits per heavy atom. The summed E-state index contributed by atoms with van der Waals surface area (Å²) in [5, 5.41) is 2.51. The number of ether oxygens (including phenoxy) is 2. The molecule has 0 aliphatic rings. The lowest BCUT2D eigenvalue weighted by Gasteiger charge is -2.14. The Bertz CT molecular complexity index is 154. The Morgan fingerprint density at radius 2 is 1.92 bits per heavy atom. The fourth-order valence-electron chi connectivity index (χ4n) is 0.591. The average Bonchev–Trinajstić information content (AvgIpc) is 1.96. The molecule has 7 heteroatoms. The number of nitrogens with one attached hydrogen (secondary N) is 1. The van der Waals surface area contributed by atoms with E-state index in [-0.39, 0.29) is 12.8 Å². The largest absolute Gasteiger partial charge is 0.355 e. The second-order valence-electron chi connectivity index (χ2n) is 2.18. The van der Waals surface area contributed by atoms with E-state index in [1.807, 2.05) is 0 Å². The minimum Gasteiger partial charge on any atom is -0.355 e. The highest BCUT2D eigenvalue weighted by Gasteiger charge is 2.13. The van der Waals surface area contributed by atoms with Crippen LogP contribution in [0, 0.1) is 0 Å². The normalized spacial score (nSPS) is 12.4. The molecule has 0 rings (SSSR count). The molecule has 0 bridgehead atoms.